The fourth-order valence-corrected chi connectivity index (χ4v) is 2.33. The molecular formula is C14H18BrN3O. The molecule has 2 rings (SSSR count). The quantitative estimate of drug-likeness (QED) is 0.888. The molecule has 1 N–H and O–H groups in total. The summed E-state index contributed by atoms with van der Waals surface area (Å²) >= 11 is 3.54. The van der Waals surface area contributed by atoms with E-state index in [1.54, 1.807) is 0 Å². The molecule has 0 saturated carbocycles. The van der Waals surface area contributed by atoms with Crippen LogP contribution in [0.3, 0.4) is 0 Å². The van der Waals surface area contributed by atoms with Gasteiger partial charge in [0.25, 0.3) is 0 Å². The van der Waals surface area contributed by atoms with E-state index in [9.17, 15) is 0 Å². The lowest BCUT2D eigenvalue weighted by atomic mass is 10.2. The molecule has 0 fully saturated rings. The highest BCUT2D eigenvalue weighted by Gasteiger charge is 2.04. The monoisotopic (exact) mass is 323 g/mol. The summed E-state index contributed by atoms with van der Waals surface area (Å²) in [5.41, 5.74) is 2.30. The number of rotatable bonds is 6. The average Bonchev–Trinajstić information content (AvgIpc) is 2.86. The number of nitrogens with zero attached hydrogens (tertiary/aromatic N) is 2. The molecule has 0 amide bonds. The van der Waals surface area contributed by atoms with Crippen molar-refractivity contribution in [2.75, 3.05) is 7.05 Å². The first-order valence-corrected chi connectivity index (χ1v) is 7.09. The van der Waals surface area contributed by atoms with Gasteiger partial charge in [0.1, 0.15) is 12.4 Å². The lowest BCUT2D eigenvalue weighted by molar-refractivity contribution is 0.304. The maximum atomic E-state index is 5.79. The number of hydrogen-bond acceptors (Lipinski definition) is 3. The van der Waals surface area contributed by atoms with Crippen LogP contribution in [0.2, 0.25) is 0 Å². The molecule has 0 bridgehead atoms. The predicted octanol–water partition coefficient (Wildman–Crippen LogP) is 2.96. The number of nitrogens with one attached hydrogen (secondary N) is 1. The van der Waals surface area contributed by atoms with Crippen LogP contribution in [-0.2, 0) is 19.7 Å². The van der Waals surface area contributed by atoms with Crippen molar-refractivity contribution in [1.29, 1.82) is 0 Å². The molecule has 0 aliphatic heterocycles. The van der Waals surface area contributed by atoms with Crippen molar-refractivity contribution in [2.24, 2.45) is 0 Å². The molecule has 1 aromatic carbocycles. The van der Waals surface area contributed by atoms with Crippen molar-refractivity contribution in [2.45, 2.75) is 26.6 Å². The Morgan fingerprint density at radius 1 is 1.37 bits per heavy atom. The highest BCUT2D eigenvalue weighted by atomic mass is 79.9. The van der Waals surface area contributed by atoms with Crippen LogP contribution in [0, 0.1) is 0 Å². The van der Waals surface area contributed by atoms with Crippen molar-refractivity contribution in [3.63, 3.8) is 0 Å². The Kier molecular flexibility index (Phi) is 4.99. The van der Waals surface area contributed by atoms with E-state index in [2.05, 4.69) is 45.4 Å². The van der Waals surface area contributed by atoms with Crippen LogP contribution in [0.25, 0.3) is 0 Å². The van der Waals surface area contributed by atoms with E-state index in [0.717, 1.165) is 28.9 Å². The zero-order valence-corrected chi connectivity index (χ0v) is 12.8. The third kappa shape index (κ3) is 3.81. The minimum atomic E-state index is 0.532. The first kappa shape index (κ1) is 14.1. The Morgan fingerprint density at radius 2 is 2.21 bits per heavy atom. The molecule has 0 aliphatic carbocycles. The van der Waals surface area contributed by atoms with E-state index in [1.165, 1.54) is 5.56 Å². The van der Waals surface area contributed by atoms with Crippen molar-refractivity contribution in [1.82, 2.24) is 15.1 Å². The highest BCUT2D eigenvalue weighted by molar-refractivity contribution is 9.10. The van der Waals surface area contributed by atoms with Crippen LogP contribution in [0.4, 0.5) is 0 Å². The first-order chi connectivity index (χ1) is 9.22. The molecule has 5 heteroatoms. The van der Waals surface area contributed by atoms with Crippen LogP contribution in [0.15, 0.2) is 35.1 Å². The zero-order chi connectivity index (χ0) is 13.7. The summed E-state index contributed by atoms with van der Waals surface area (Å²) < 4.78 is 8.66. The summed E-state index contributed by atoms with van der Waals surface area (Å²) in [6.07, 6.45) is 3.84. The first-order valence-electron chi connectivity index (χ1n) is 6.30. The molecule has 0 saturated heterocycles. The second-order valence-corrected chi connectivity index (χ2v) is 5.14. The van der Waals surface area contributed by atoms with Crippen LogP contribution >= 0.6 is 15.9 Å². The molecule has 4 nitrogen and oxygen atoms in total. The van der Waals surface area contributed by atoms with Gasteiger partial charge in [-0.05, 0) is 47.6 Å². The molecule has 0 radical (unpaired) electrons. The third-order valence-corrected chi connectivity index (χ3v) is 3.40. The molecule has 19 heavy (non-hydrogen) atoms. The number of ether oxygens (including phenoxy) is 1. The summed E-state index contributed by atoms with van der Waals surface area (Å²) in [5.74, 6) is 0.851. The standard InChI is InChI=1S/C14H18BrN3O/c1-3-18-9-12(8-17-18)10-19-14-5-4-11(7-16-2)6-13(14)15/h4-6,8-9,16H,3,7,10H2,1-2H3. The van der Waals surface area contributed by atoms with Gasteiger partial charge < -0.3 is 10.1 Å². The van der Waals surface area contributed by atoms with Gasteiger partial charge in [-0.15, -0.1) is 0 Å². The molecule has 0 aliphatic rings. The Labute approximate surface area is 121 Å². The molecule has 1 aromatic heterocycles. The summed E-state index contributed by atoms with van der Waals surface area (Å²) in [5, 5.41) is 7.35. The maximum absolute atomic E-state index is 5.79. The summed E-state index contributed by atoms with van der Waals surface area (Å²) in [7, 11) is 1.93. The average molecular weight is 324 g/mol. The van der Waals surface area contributed by atoms with Gasteiger partial charge in [0.15, 0.2) is 0 Å². The topological polar surface area (TPSA) is 39.1 Å². The molecule has 0 spiro atoms. The van der Waals surface area contributed by atoms with Crippen LogP contribution in [0.5, 0.6) is 5.75 Å². The van der Waals surface area contributed by atoms with Crippen LogP contribution < -0.4 is 10.1 Å². The van der Waals surface area contributed by atoms with Crippen LogP contribution in [0.1, 0.15) is 18.1 Å². The van der Waals surface area contributed by atoms with Gasteiger partial charge in [0.2, 0.25) is 0 Å². The van der Waals surface area contributed by atoms with Crippen molar-refractivity contribution in [3.05, 3.63) is 46.2 Å². The Morgan fingerprint density at radius 3 is 2.84 bits per heavy atom. The Balaban J connectivity index is 1.99. The van der Waals surface area contributed by atoms with E-state index >= 15 is 0 Å². The molecule has 102 valence electrons. The van der Waals surface area contributed by atoms with Gasteiger partial charge in [0.05, 0.1) is 10.7 Å². The van der Waals surface area contributed by atoms with E-state index in [-0.39, 0.29) is 0 Å². The maximum Gasteiger partial charge on any atom is 0.134 e. The number of aromatic nitrogens is 2. The summed E-state index contributed by atoms with van der Waals surface area (Å²) in [6, 6.07) is 6.12. The van der Waals surface area contributed by atoms with Gasteiger partial charge in [-0.25, -0.2) is 0 Å². The van der Waals surface area contributed by atoms with Crippen molar-refractivity contribution < 1.29 is 4.74 Å². The summed E-state index contributed by atoms with van der Waals surface area (Å²) in [4.78, 5) is 0. The van der Waals surface area contributed by atoms with E-state index in [0.29, 0.717) is 6.61 Å². The Bertz CT molecular complexity index is 539. The van der Waals surface area contributed by atoms with E-state index in [1.807, 2.05) is 30.2 Å². The third-order valence-electron chi connectivity index (χ3n) is 2.78. The highest BCUT2D eigenvalue weighted by Crippen LogP contribution is 2.26. The minimum absolute atomic E-state index is 0.532. The van der Waals surface area contributed by atoms with Gasteiger partial charge in [-0.2, -0.15) is 5.10 Å². The second-order valence-electron chi connectivity index (χ2n) is 4.29. The number of hydrogen-bond donors (Lipinski definition) is 1. The molecule has 0 unspecified atom stereocenters. The number of aryl methyl sites for hydroxylation is 1. The van der Waals surface area contributed by atoms with E-state index < -0.39 is 0 Å². The van der Waals surface area contributed by atoms with Crippen molar-refractivity contribution >= 4 is 15.9 Å². The van der Waals surface area contributed by atoms with Gasteiger partial charge in [0, 0.05) is 24.8 Å². The van der Waals surface area contributed by atoms with Gasteiger partial charge in [-0.1, -0.05) is 6.07 Å². The largest absolute Gasteiger partial charge is 0.488 e. The van der Waals surface area contributed by atoms with Crippen molar-refractivity contribution in [3.8, 4) is 5.75 Å². The fourth-order valence-electron chi connectivity index (χ4n) is 1.79. The smallest absolute Gasteiger partial charge is 0.134 e. The predicted molar refractivity (Wildman–Crippen MR) is 79.1 cm³/mol. The number of benzene rings is 1. The fraction of sp³-hybridized carbons (Fsp3) is 0.357. The lowest BCUT2D eigenvalue weighted by Crippen LogP contribution is -2.05. The lowest BCUT2D eigenvalue weighted by Gasteiger charge is -2.08. The molecular weight excluding hydrogens is 306 g/mol. The number of halogens is 1. The second kappa shape index (κ2) is 6.73. The van der Waals surface area contributed by atoms with Gasteiger partial charge >= 0.3 is 0 Å². The molecule has 1 heterocycles. The SMILES string of the molecule is CCn1cc(COc2ccc(CNC)cc2Br)cn1. The molecule has 2 aromatic rings. The minimum Gasteiger partial charge on any atom is -0.488 e. The summed E-state index contributed by atoms with van der Waals surface area (Å²) in [6.45, 7) is 4.32. The van der Waals surface area contributed by atoms with Crippen LogP contribution in [-0.4, -0.2) is 16.8 Å². The van der Waals surface area contributed by atoms with E-state index in [4.69, 9.17) is 4.74 Å². The zero-order valence-electron chi connectivity index (χ0n) is 11.2. The van der Waals surface area contributed by atoms with Gasteiger partial charge in [-0.3, -0.25) is 4.68 Å². The normalized spacial score (nSPS) is 10.7. The molecule has 0 atom stereocenters. The Hall–Kier alpha value is -1.33.